The molecule has 2 aromatic carbocycles. The van der Waals surface area contributed by atoms with Gasteiger partial charge >= 0.3 is 0 Å². The summed E-state index contributed by atoms with van der Waals surface area (Å²) in [6.07, 6.45) is 3.45. The highest BCUT2D eigenvalue weighted by Crippen LogP contribution is 2.11. The van der Waals surface area contributed by atoms with E-state index in [-0.39, 0.29) is 5.91 Å². The smallest absolute Gasteiger partial charge is 0.224 e. The van der Waals surface area contributed by atoms with E-state index in [0.717, 1.165) is 36.5 Å². The largest absolute Gasteiger partial charge is 0.354 e. The van der Waals surface area contributed by atoms with E-state index in [4.69, 9.17) is 0 Å². The molecule has 0 aromatic heterocycles. The van der Waals surface area contributed by atoms with Crippen LogP contribution in [0.15, 0.2) is 59.6 Å². The van der Waals surface area contributed by atoms with Gasteiger partial charge in [0.1, 0.15) is 0 Å². The molecule has 2 aromatic rings. The SMILES string of the molecule is CCCC(=O)Nc1cccc(CNC(=NC)NC(C)CCc2ccccc2)c1. The first-order valence-corrected chi connectivity index (χ1v) is 10.0. The monoisotopic (exact) mass is 380 g/mol. The molecule has 0 saturated carbocycles. The van der Waals surface area contributed by atoms with Crippen LogP contribution in [0.3, 0.4) is 0 Å². The number of nitrogens with zero attached hydrogens (tertiary/aromatic N) is 1. The molecule has 2 rings (SSSR count). The van der Waals surface area contributed by atoms with Crippen molar-refractivity contribution < 1.29 is 4.79 Å². The standard InChI is InChI=1S/C23H32N4O/c1-4-9-22(28)27-21-13-8-12-20(16-21)17-25-23(24-3)26-18(2)14-15-19-10-6-5-7-11-19/h5-8,10-13,16,18H,4,9,14-15,17H2,1-3H3,(H,27,28)(H2,24,25,26). The highest BCUT2D eigenvalue weighted by Gasteiger charge is 2.06. The van der Waals surface area contributed by atoms with Crippen LogP contribution in [0, 0.1) is 0 Å². The van der Waals surface area contributed by atoms with Crippen molar-refractivity contribution in [3.05, 3.63) is 65.7 Å². The second kappa shape index (κ2) is 11.8. The van der Waals surface area contributed by atoms with Gasteiger partial charge in [-0.2, -0.15) is 0 Å². The summed E-state index contributed by atoms with van der Waals surface area (Å²) in [6, 6.07) is 18.7. The maximum Gasteiger partial charge on any atom is 0.224 e. The minimum absolute atomic E-state index is 0.0531. The number of carbonyl (C=O) groups excluding carboxylic acids is 1. The van der Waals surface area contributed by atoms with Gasteiger partial charge in [-0.05, 0) is 49.4 Å². The molecule has 0 aliphatic rings. The van der Waals surface area contributed by atoms with Crippen molar-refractivity contribution in [2.75, 3.05) is 12.4 Å². The molecule has 0 saturated heterocycles. The van der Waals surface area contributed by atoms with Crippen molar-refractivity contribution in [3.63, 3.8) is 0 Å². The molecule has 3 N–H and O–H groups in total. The molecule has 1 amide bonds. The van der Waals surface area contributed by atoms with Crippen molar-refractivity contribution in [3.8, 4) is 0 Å². The molecule has 0 radical (unpaired) electrons. The Morgan fingerprint density at radius 2 is 1.82 bits per heavy atom. The Morgan fingerprint density at radius 1 is 1.07 bits per heavy atom. The molecule has 0 fully saturated rings. The molecular weight excluding hydrogens is 348 g/mol. The Hall–Kier alpha value is -2.82. The Balaban J connectivity index is 1.80. The van der Waals surface area contributed by atoms with Crippen LogP contribution < -0.4 is 16.0 Å². The maximum absolute atomic E-state index is 11.8. The van der Waals surface area contributed by atoms with Crippen molar-refractivity contribution in [2.24, 2.45) is 4.99 Å². The summed E-state index contributed by atoms with van der Waals surface area (Å²) in [5.41, 5.74) is 3.27. The van der Waals surface area contributed by atoms with Crippen LogP contribution in [0.4, 0.5) is 5.69 Å². The quantitative estimate of drug-likeness (QED) is 0.453. The molecule has 5 nitrogen and oxygen atoms in total. The Bertz CT molecular complexity index is 758. The number of carbonyl (C=O) groups is 1. The van der Waals surface area contributed by atoms with E-state index in [1.807, 2.05) is 37.3 Å². The van der Waals surface area contributed by atoms with Gasteiger partial charge in [-0.25, -0.2) is 0 Å². The van der Waals surface area contributed by atoms with Crippen LogP contribution in [0.1, 0.15) is 44.2 Å². The van der Waals surface area contributed by atoms with Crippen molar-refractivity contribution in [1.82, 2.24) is 10.6 Å². The van der Waals surface area contributed by atoms with Crippen molar-refractivity contribution in [2.45, 2.75) is 52.1 Å². The van der Waals surface area contributed by atoms with Gasteiger partial charge in [-0.15, -0.1) is 0 Å². The molecule has 150 valence electrons. The van der Waals surface area contributed by atoms with Crippen LogP contribution in [0.25, 0.3) is 0 Å². The molecule has 1 unspecified atom stereocenters. The zero-order valence-corrected chi connectivity index (χ0v) is 17.2. The van der Waals surface area contributed by atoms with E-state index >= 15 is 0 Å². The summed E-state index contributed by atoms with van der Waals surface area (Å²) in [5, 5.41) is 9.72. The molecule has 0 bridgehead atoms. The fraction of sp³-hybridized carbons (Fsp3) is 0.391. The van der Waals surface area contributed by atoms with Gasteiger partial charge in [0.15, 0.2) is 5.96 Å². The van der Waals surface area contributed by atoms with Crippen LogP contribution in [0.5, 0.6) is 0 Å². The zero-order chi connectivity index (χ0) is 20.2. The number of hydrogen-bond donors (Lipinski definition) is 3. The summed E-state index contributed by atoms with van der Waals surface area (Å²) in [7, 11) is 1.78. The first kappa shape index (κ1) is 21.5. The Kier molecular flexibility index (Phi) is 9.05. The number of guanidine groups is 1. The molecule has 28 heavy (non-hydrogen) atoms. The van der Waals surface area contributed by atoms with Gasteiger partial charge in [-0.1, -0.05) is 49.4 Å². The number of hydrogen-bond acceptors (Lipinski definition) is 2. The Morgan fingerprint density at radius 3 is 2.54 bits per heavy atom. The van der Waals surface area contributed by atoms with E-state index in [1.54, 1.807) is 7.05 Å². The van der Waals surface area contributed by atoms with E-state index in [9.17, 15) is 4.79 Å². The number of nitrogens with one attached hydrogen (secondary N) is 3. The third-order valence-electron chi connectivity index (χ3n) is 4.46. The van der Waals surface area contributed by atoms with E-state index < -0.39 is 0 Å². The molecule has 0 aliphatic heterocycles. The fourth-order valence-corrected chi connectivity index (χ4v) is 2.92. The first-order chi connectivity index (χ1) is 13.6. The third-order valence-corrected chi connectivity index (χ3v) is 4.46. The Labute approximate surface area is 168 Å². The highest BCUT2D eigenvalue weighted by atomic mass is 16.1. The van der Waals surface area contributed by atoms with Gasteiger partial charge in [0.25, 0.3) is 0 Å². The maximum atomic E-state index is 11.8. The number of benzene rings is 2. The fourth-order valence-electron chi connectivity index (χ4n) is 2.92. The molecule has 0 aliphatic carbocycles. The topological polar surface area (TPSA) is 65.5 Å². The van der Waals surface area contributed by atoms with Gasteiger partial charge in [-0.3, -0.25) is 9.79 Å². The molecule has 1 atom stereocenters. The van der Waals surface area contributed by atoms with E-state index in [1.165, 1.54) is 5.56 Å². The van der Waals surface area contributed by atoms with Crippen molar-refractivity contribution >= 4 is 17.6 Å². The number of aliphatic imine (C=N–C) groups is 1. The van der Waals surface area contributed by atoms with Crippen LogP contribution >= 0.6 is 0 Å². The van der Waals surface area contributed by atoms with Crippen molar-refractivity contribution in [1.29, 1.82) is 0 Å². The summed E-state index contributed by atoms with van der Waals surface area (Å²) in [5.74, 6) is 0.832. The number of anilines is 1. The van der Waals surface area contributed by atoms with Gasteiger partial charge in [0.2, 0.25) is 5.91 Å². The second-order valence-corrected chi connectivity index (χ2v) is 6.99. The predicted octanol–water partition coefficient (Wildman–Crippen LogP) is 4.11. The second-order valence-electron chi connectivity index (χ2n) is 6.99. The van der Waals surface area contributed by atoms with E-state index in [0.29, 0.717) is 19.0 Å². The summed E-state index contributed by atoms with van der Waals surface area (Å²) >= 11 is 0. The third kappa shape index (κ3) is 7.82. The molecule has 0 spiro atoms. The van der Waals surface area contributed by atoms with Crippen LogP contribution in [0.2, 0.25) is 0 Å². The average Bonchev–Trinajstić information content (AvgIpc) is 2.70. The number of aryl methyl sites for hydroxylation is 1. The lowest BCUT2D eigenvalue weighted by Crippen LogP contribution is -2.42. The number of amides is 1. The predicted molar refractivity (Wildman–Crippen MR) is 118 cm³/mol. The van der Waals surface area contributed by atoms with Gasteiger partial charge < -0.3 is 16.0 Å². The van der Waals surface area contributed by atoms with Crippen LogP contribution in [-0.2, 0) is 17.8 Å². The summed E-state index contributed by atoms with van der Waals surface area (Å²) in [6.45, 7) is 4.81. The average molecular weight is 381 g/mol. The number of rotatable bonds is 9. The lowest BCUT2D eigenvalue weighted by molar-refractivity contribution is -0.116. The van der Waals surface area contributed by atoms with Gasteiger partial charge in [0, 0.05) is 31.7 Å². The van der Waals surface area contributed by atoms with Crippen LogP contribution in [-0.4, -0.2) is 25.0 Å². The summed E-state index contributed by atoms with van der Waals surface area (Å²) < 4.78 is 0. The molecular formula is C23H32N4O. The lowest BCUT2D eigenvalue weighted by Gasteiger charge is -2.18. The molecule has 5 heteroatoms. The zero-order valence-electron chi connectivity index (χ0n) is 17.2. The lowest BCUT2D eigenvalue weighted by atomic mass is 10.1. The minimum atomic E-state index is 0.0531. The van der Waals surface area contributed by atoms with Gasteiger partial charge in [0.05, 0.1) is 0 Å². The normalized spacial score (nSPS) is 12.3. The highest BCUT2D eigenvalue weighted by molar-refractivity contribution is 5.90. The minimum Gasteiger partial charge on any atom is -0.354 e. The molecule has 0 heterocycles. The summed E-state index contributed by atoms with van der Waals surface area (Å²) in [4.78, 5) is 16.1. The van der Waals surface area contributed by atoms with E-state index in [2.05, 4.69) is 52.1 Å². The first-order valence-electron chi connectivity index (χ1n) is 10.0.